The summed E-state index contributed by atoms with van der Waals surface area (Å²) in [6, 6.07) is 13.1. The van der Waals surface area contributed by atoms with E-state index in [0.29, 0.717) is 17.9 Å². The van der Waals surface area contributed by atoms with Crippen LogP contribution in [0.15, 0.2) is 47.4 Å². The van der Waals surface area contributed by atoms with Crippen molar-refractivity contribution in [3.05, 3.63) is 42.5 Å². The van der Waals surface area contributed by atoms with Crippen LogP contribution in [-0.2, 0) is 9.84 Å². The van der Waals surface area contributed by atoms with Crippen LogP contribution < -0.4 is 5.73 Å². The summed E-state index contributed by atoms with van der Waals surface area (Å²) in [5, 5.41) is 1.79. The van der Waals surface area contributed by atoms with Crippen LogP contribution >= 0.6 is 0 Å². The van der Waals surface area contributed by atoms with E-state index < -0.39 is 9.84 Å². The lowest BCUT2D eigenvalue weighted by molar-refractivity contribution is 0.589. The zero-order chi connectivity index (χ0) is 14.4. The summed E-state index contributed by atoms with van der Waals surface area (Å²) in [7, 11) is -3.21. The summed E-state index contributed by atoms with van der Waals surface area (Å²) in [5.74, 6) is 0.214. The molecular formula is C16H21NO2S. The molecule has 0 amide bonds. The summed E-state index contributed by atoms with van der Waals surface area (Å²) in [6.07, 6.45) is 3.59. The predicted octanol–water partition coefficient (Wildman–Crippen LogP) is 3.13. The molecule has 20 heavy (non-hydrogen) atoms. The molecule has 2 aromatic rings. The average Bonchev–Trinajstić information content (AvgIpc) is 2.46. The topological polar surface area (TPSA) is 60.2 Å². The first-order valence-electron chi connectivity index (χ1n) is 7.06. The fourth-order valence-electron chi connectivity index (χ4n) is 2.37. The number of unbranched alkanes of at least 4 members (excludes halogenated alkanes) is 3. The first-order valence-corrected chi connectivity index (χ1v) is 8.71. The Labute approximate surface area is 120 Å². The van der Waals surface area contributed by atoms with Crippen molar-refractivity contribution in [2.45, 2.75) is 30.6 Å². The number of fused-ring (bicyclic) bond motifs is 1. The SMILES string of the molecule is NCCCCCCS(=O)(=O)c1cccc2ccccc12. The molecule has 2 rings (SSSR count). The van der Waals surface area contributed by atoms with E-state index in [2.05, 4.69) is 0 Å². The highest BCUT2D eigenvalue weighted by atomic mass is 32.2. The summed E-state index contributed by atoms with van der Waals surface area (Å²) in [4.78, 5) is 0.453. The number of hydrogen-bond donors (Lipinski definition) is 1. The smallest absolute Gasteiger partial charge is 0.178 e. The van der Waals surface area contributed by atoms with Crippen molar-refractivity contribution in [1.82, 2.24) is 0 Å². The third-order valence-electron chi connectivity index (χ3n) is 3.45. The quantitative estimate of drug-likeness (QED) is 0.797. The molecule has 2 aromatic carbocycles. The van der Waals surface area contributed by atoms with Crippen molar-refractivity contribution in [1.29, 1.82) is 0 Å². The molecular weight excluding hydrogens is 270 g/mol. The number of hydrogen-bond acceptors (Lipinski definition) is 3. The van der Waals surface area contributed by atoms with Crippen LogP contribution in [0.4, 0.5) is 0 Å². The van der Waals surface area contributed by atoms with E-state index >= 15 is 0 Å². The second kappa shape index (κ2) is 6.86. The van der Waals surface area contributed by atoms with Gasteiger partial charge in [-0.15, -0.1) is 0 Å². The standard InChI is InChI=1S/C16H21NO2S/c17-12-5-1-2-6-13-20(18,19)16-11-7-9-14-8-3-4-10-15(14)16/h3-4,7-11H,1-2,5-6,12-13,17H2. The van der Waals surface area contributed by atoms with Gasteiger partial charge in [-0.1, -0.05) is 49.2 Å². The van der Waals surface area contributed by atoms with Crippen LogP contribution in [0.5, 0.6) is 0 Å². The van der Waals surface area contributed by atoms with Gasteiger partial charge in [0.1, 0.15) is 0 Å². The molecule has 0 aliphatic heterocycles. The van der Waals surface area contributed by atoms with Crippen molar-refractivity contribution in [2.24, 2.45) is 5.73 Å². The Kier molecular flexibility index (Phi) is 5.15. The van der Waals surface area contributed by atoms with E-state index in [1.54, 1.807) is 6.07 Å². The lowest BCUT2D eigenvalue weighted by atomic mass is 10.1. The Morgan fingerprint density at radius 2 is 1.55 bits per heavy atom. The monoisotopic (exact) mass is 291 g/mol. The summed E-state index contributed by atoms with van der Waals surface area (Å²) in [5.41, 5.74) is 5.43. The Balaban J connectivity index is 2.15. The van der Waals surface area contributed by atoms with Crippen LogP contribution in [-0.4, -0.2) is 20.7 Å². The van der Waals surface area contributed by atoms with Gasteiger partial charge in [0.2, 0.25) is 0 Å². The van der Waals surface area contributed by atoms with Crippen molar-refractivity contribution in [3.8, 4) is 0 Å². The molecule has 0 bridgehead atoms. The lowest BCUT2D eigenvalue weighted by Gasteiger charge is -2.08. The molecule has 0 aliphatic rings. The van der Waals surface area contributed by atoms with Gasteiger partial charge in [-0.2, -0.15) is 0 Å². The van der Waals surface area contributed by atoms with Gasteiger partial charge in [-0.25, -0.2) is 8.42 Å². The molecule has 0 atom stereocenters. The van der Waals surface area contributed by atoms with Gasteiger partial charge in [0, 0.05) is 5.39 Å². The zero-order valence-electron chi connectivity index (χ0n) is 11.6. The number of nitrogens with two attached hydrogens (primary N) is 1. The Morgan fingerprint density at radius 3 is 2.35 bits per heavy atom. The maximum Gasteiger partial charge on any atom is 0.178 e. The number of rotatable bonds is 7. The summed E-state index contributed by atoms with van der Waals surface area (Å²) < 4.78 is 24.9. The molecule has 0 heterocycles. The van der Waals surface area contributed by atoms with Crippen LogP contribution in [0.1, 0.15) is 25.7 Å². The van der Waals surface area contributed by atoms with Gasteiger partial charge in [0.15, 0.2) is 9.84 Å². The third-order valence-corrected chi connectivity index (χ3v) is 5.30. The molecule has 108 valence electrons. The van der Waals surface area contributed by atoms with Gasteiger partial charge in [0.25, 0.3) is 0 Å². The maximum atomic E-state index is 12.5. The van der Waals surface area contributed by atoms with Crippen LogP contribution in [0, 0.1) is 0 Å². The van der Waals surface area contributed by atoms with Crippen molar-refractivity contribution in [3.63, 3.8) is 0 Å². The molecule has 0 aromatic heterocycles. The van der Waals surface area contributed by atoms with Crippen LogP contribution in [0.25, 0.3) is 10.8 Å². The lowest BCUT2D eigenvalue weighted by Crippen LogP contribution is -2.07. The van der Waals surface area contributed by atoms with Gasteiger partial charge in [0.05, 0.1) is 10.6 Å². The molecule has 0 unspecified atom stereocenters. The fourth-order valence-corrected chi connectivity index (χ4v) is 3.98. The van der Waals surface area contributed by atoms with E-state index in [9.17, 15) is 8.42 Å². The van der Waals surface area contributed by atoms with E-state index in [4.69, 9.17) is 5.73 Å². The molecule has 0 fully saturated rings. The highest BCUT2D eigenvalue weighted by molar-refractivity contribution is 7.91. The third kappa shape index (κ3) is 3.58. The molecule has 0 saturated carbocycles. The molecule has 0 spiro atoms. The van der Waals surface area contributed by atoms with Crippen molar-refractivity contribution < 1.29 is 8.42 Å². The second-order valence-corrected chi connectivity index (χ2v) is 7.08. The molecule has 3 nitrogen and oxygen atoms in total. The largest absolute Gasteiger partial charge is 0.330 e. The van der Waals surface area contributed by atoms with Gasteiger partial charge in [-0.3, -0.25) is 0 Å². The van der Waals surface area contributed by atoms with Gasteiger partial charge < -0.3 is 5.73 Å². The molecule has 0 radical (unpaired) electrons. The van der Waals surface area contributed by atoms with Crippen LogP contribution in [0.3, 0.4) is 0 Å². The van der Waals surface area contributed by atoms with Crippen LogP contribution in [0.2, 0.25) is 0 Å². The van der Waals surface area contributed by atoms with E-state index in [1.807, 2.05) is 36.4 Å². The minimum Gasteiger partial charge on any atom is -0.330 e. The minimum atomic E-state index is -3.21. The normalized spacial score (nSPS) is 11.8. The Bertz CT molecular complexity index is 660. The highest BCUT2D eigenvalue weighted by Crippen LogP contribution is 2.24. The predicted molar refractivity (Wildman–Crippen MR) is 83.5 cm³/mol. The zero-order valence-corrected chi connectivity index (χ0v) is 12.4. The Hall–Kier alpha value is -1.39. The number of benzene rings is 2. The van der Waals surface area contributed by atoms with E-state index in [0.717, 1.165) is 30.0 Å². The van der Waals surface area contributed by atoms with Crippen molar-refractivity contribution in [2.75, 3.05) is 12.3 Å². The molecule has 0 saturated heterocycles. The van der Waals surface area contributed by atoms with E-state index in [-0.39, 0.29) is 5.75 Å². The van der Waals surface area contributed by atoms with Gasteiger partial charge >= 0.3 is 0 Å². The summed E-state index contributed by atoms with van der Waals surface area (Å²) in [6.45, 7) is 0.677. The second-order valence-electron chi connectivity index (χ2n) is 5.00. The van der Waals surface area contributed by atoms with Gasteiger partial charge in [-0.05, 0) is 30.8 Å². The fraction of sp³-hybridized carbons (Fsp3) is 0.375. The summed E-state index contributed by atoms with van der Waals surface area (Å²) >= 11 is 0. The average molecular weight is 291 g/mol. The molecule has 0 aliphatic carbocycles. The molecule has 2 N–H and O–H groups in total. The highest BCUT2D eigenvalue weighted by Gasteiger charge is 2.16. The first kappa shape index (κ1) is 15.0. The van der Waals surface area contributed by atoms with E-state index in [1.165, 1.54) is 0 Å². The minimum absolute atomic E-state index is 0.214. The Morgan fingerprint density at radius 1 is 0.850 bits per heavy atom. The first-order chi connectivity index (χ1) is 9.65. The van der Waals surface area contributed by atoms with Crippen molar-refractivity contribution >= 4 is 20.6 Å². The number of sulfone groups is 1. The molecule has 4 heteroatoms. The maximum absolute atomic E-state index is 12.5.